The fourth-order valence-corrected chi connectivity index (χ4v) is 4.62. The first kappa shape index (κ1) is 9.93. The second kappa shape index (κ2) is 2.94. The number of rotatable bonds is 2. The molecule has 0 aromatic heterocycles. The fraction of sp³-hybridized carbons (Fsp3) is 0.500. The SMILES string of the molecule is C[C@]1(c2ccccc2)O[C@@H]1[Si](C)(C)C. The van der Waals surface area contributed by atoms with E-state index in [1.807, 2.05) is 0 Å². The molecule has 0 N–H and O–H groups in total. The van der Waals surface area contributed by atoms with Crippen LogP contribution in [0.25, 0.3) is 0 Å². The minimum Gasteiger partial charge on any atom is -0.365 e. The van der Waals surface area contributed by atoms with Crippen molar-refractivity contribution in [1.29, 1.82) is 0 Å². The second-order valence-corrected chi connectivity index (χ2v) is 10.6. The molecule has 0 bridgehead atoms. The van der Waals surface area contributed by atoms with Crippen LogP contribution in [0.15, 0.2) is 30.3 Å². The van der Waals surface area contributed by atoms with E-state index in [4.69, 9.17) is 4.74 Å². The zero-order valence-electron chi connectivity index (χ0n) is 9.37. The lowest BCUT2D eigenvalue weighted by Gasteiger charge is -2.15. The highest BCUT2D eigenvalue weighted by Gasteiger charge is 2.59. The third-order valence-corrected chi connectivity index (χ3v) is 5.18. The highest BCUT2D eigenvalue weighted by Crippen LogP contribution is 2.49. The summed E-state index contributed by atoms with van der Waals surface area (Å²) in [4.78, 5) is 0. The van der Waals surface area contributed by atoms with Crippen molar-refractivity contribution in [2.24, 2.45) is 0 Å². The van der Waals surface area contributed by atoms with Gasteiger partial charge in [-0.25, -0.2) is 0 Å². The van der Waals surface area contributed by atoms with Gasteiger partial charge in [0.15, 0.2) is 0 Å². The number of benzene rings is 1. The third kappa shape index (κ3) is 1.53. The number of hydrogen-bond donors (Lipinski definition) is 0. The smallest absolute Gasteiger partial charge is 0.114 e. The van der Waals surface area contributed by atoms with Crippen LogP contribution in [-0.2, 0) is 10.3 Å². The Morgan fingerprint density at radius 1 is 1.14 bits per heavy atom. The van der Waals surface area contributed by atoms with Crippen LogP contribution in [0.2, 0.25) is 19.6 Å². The van der Waals surface area contributed by atoms with Crippen LogP contribution in [0.3, 0.4) is 0 Å². The summed E-state index contributed by atoms with van der Waals surface area (Å²) in [6.07, 6.45) is 0. The zero-order valence-corrected chi connectivity index (χ0v) is 10.4. The average molecular weight is 206 g/mol. The van der Waals surface area contributed by atoms with Crippen LogP contribution >= 0.6 is 0 Å². The van der Waals surface area contributed by atoms with Crippen molar-refractivity contribution in [2.45, 2.75) is 37.9 Å². The first-order valence-corrected chi connectivity index (χ1v) is 8.76. The van der Waals surface area contributed by atoms with E-state index in [1.54, 1.807) is 0 Å². The van der Waals surface area contributed by atoms with E-state index in [0.717, 1.165) is 0 Å². The molecule has 14 heavy (non-hydrogen) atoms. The molecule has 0 radical (unpaired) electrons. The monoisotopic (exact) mass is 206 g/mol. The van der Waals surface area contributed by atoms with E-state index in [2.05, 4.69) is 56.9 Å². The molecule has 0 spiro atoms. The van der Waals surface area contributed by atoms with Gasteiger partial charge in [0.1, 0.15) is 5.60 Å². The van der Waals surface area contributed by atoms with Gasteiger partial charge in [-0.15, -0.1) is 0 Å². The van der Waals surface area contributed by atoms with E-state index < -0.39 is 8.07 Å². The van der Waals surface area contributed by atoms with E-state index in [1.165, 1.54) is 5.56 Å². The third-order valence-electron chi connectivity index (χ3n) is 2.94. The van der Waals surface area contributed by atoms with Gasteiger partial charge >= 0.3 is 0 Å². The summed E-state index contributed by atoms with van der Waals surface area (Å²) >= 11 is 0. The van der Waals surface area contributed by atoms with Crippen molar-refractivity contribution in [1.82, 2.24) is 0 Å². The van der Waals surface area contributed by atoms with E-state index >= 15 is 0 Å². The van der Waals surface area contributed by atoms with Crippen LogP contribution in [-0.4, -0.2) is 13.8 Å². The van der Waals surface area contributed by atoms with E-state index in [-0.39, 0.29) is 5.60 Å². The van der Waals surface area contributed by atoms with Gasteiger partial charge < -0.3 is 4.74 Å². The molecule has 1 fully saturated rings. The van der Waals surface area contributed by atoms with Gasteiger partial charge in [0.05, 0.1) is 13.8 Å². The Morgan fingerprint density at radius 2 is 1.71 bits per heavy atom. The molecule has 0 aliphatic carbocycles. The van der Waals surface area contributed by atoms with Gasteiger partial charge in [-0.05, 0) is 12.5 Å². The Kier molecular flexibility index (Phi) is 2.09. The molecule has 0 saturated carbocycles. The first-order valence-electron chi connectivity index (χ1n) is 5.18. The predicted molar refractivity (Wildman–Crippen MR) is 62.0 cm³/mol. The van der Waals surface area contributed by atoms with Crippen LogP contribution in [0.5, 0.6) is 0 Å². The lowest BCUT2D eigenvalue weighted by atomic mass is 10.0. The fourth-order valence-electron chi connectivity index (χ4n) is 2.20. The Bertz CT molecular complexity index is 328. The lowest BCUT2D eigenvalue weighted by Crippen LogP contribution is -2.32. The Labute approximate surface area is 87.1 Å². The van der Waals surface area contributed by atoms with Gasteiger partial charge in [-0.2, -0.15) is 0 Å². The zero-order chi connectivity index (χ0) is 10.4. The van der Waals surface area contributed by atoms with Crippen LogP contribution in [0, 0.1) is 0 Å². The number of epoxide rings is 1. The molecule has 2 rings (SSSR count). The van der Waals surface area contributed by atoms with Gasteiger partial charge in [0.25, 0.3) is 0 Å². The van der Waals surface area contributed by atoms with Gasteiger partial charge in [-0.1, -0.05) is 50.0 Å². The molecule has 1 aromatic carbocycles. The van der Waals surface area contributed by atoms with Crippen LogP contribution < -0.4 is 0 Å². The molecular weight excluding hydrogens is 188 g/mol. The summed E-state index contributed by atoms with van der Waals surface area (Å²) in [5, 5.41) is 0. The molecule has 1 aromatic rings. The van der Waals surface area contributed by atoms with Crippen LogP contribution in [0.1, 0.15) is 12.5 Å². The average Bonchev–Trinajstić information content (AvgIpc) is 2.81. The van der Waals surface area contributed by atoms with Crippen molar-refractivity contribution in [2.75, 3.05) is 0 Å². The van der Waals surface area contributed by atoms with Gasteiger partial charge in [0, 0.05) is 0 Å². The normalized spacial score (nSPS) is 31.6. The standard InChI is InChI=1S/C12H18OSi/c1-12(10-8-6-5-7-9-10)11(13-12)14(2,3)4/h5-9,11H,1-4H3/t11-,12-/m1/s1. The summed E-state index contributed by atoms with van der Waals surface area (Å²) in [5.41, 5.74) is 1.82. The summed E-state index contributed by atoms with van der Waals surface area (Å²) in [5.74, 6) is 0. The van der Waals surface area contributed by atoms with E-state index in [0.29, 0.717) is 5.73 Å². The summed E-state index contributed by atoms with van der Waals surface area (Å²) < 4.78 is 5.92. The topological polar surface area (TPSA) is 12.5 Å². The quantitative estimate of drug-likeness (QED) is 0.535. The highest BCUT2D eigenvalue weighted by atomic mass is 28.3. The molecule has 0 unspecified atom stereocenters. The Hall–Kier alpha value is -0.603. The summed E-state index contributed by atoms with van der Waals surface area (Å²) in [7, 11) is -1.16. The molecular formula is C12H18OSi. The molecule has 1 nitrogen and oxygen atoms in total. The summed E-state index contributed by atoms with van der Waals surface area (Å²) in [6, 6.07) is 10.6. The predicted octanol–water partition coefficient (Wildman–Crippen LogP) is 3.18. The van der Waals surface area contributed by atoms with Gasteiger partial charge in [0.2, 0.25) is 0 Å². The highest BCUT2D eigenvalue weighted by molar-refractivity contribution is 6.78. The minimum absolute atomic E-state index is 0.00569. The molecule has 2 atom stereocenters. The van der Waals surface area contributed by atoms with Crippen molar-refractivity contribution in [3.8, 4) is 0 Å². The molecule has 1 aliphatic heterocycles. The van der Waals surface area contributed by atoms with Gasteiger partial charge in [-0.3, -0.25) is 0 Å². The molecule has 1 aliphatic rings. The Balaban J connectivity index is 2.23. The van der Waals surface area contributed by atoms with Crippen LogP contribution in [0.4, 0.5) is 0 Å². The number of ether oxygens (including phenoxy) is 1. The molecule has 1 saturated heterocycles. The second-order valence-electron chi connectivity index (χ2n) is 5.34. The maximum atomic E-state index is 5.92. The van der Waals surface area contributed by atoms with Crippen molar-refractivity contribution >= 4 is 8.07 Å². The molecule has 76 valence electrons. The molecule has 1 heterocycles. The molecule has 2 heteroatoms. The first-order chi connectivity index (χ1) is 6.44. The number of hydrogen-bond acceptors (Lipinski definition) is 1. The maximum absolute atomic E-state index is 5.92. The largest absolute Gasteiger partial charge is 0.365 e. The van der Waals surface area contributed by atoms with Crippen molar-refractivity contribution in [3.05, 3.63) is 35.9 Å². The summed E-state index contributed by atoms with van der Waals surface area (Å²) in [6.45, 7) is 9.31. The lowest BCUT2D eigenvalue weighted by molar-refractivity contribution is 0.323. The minimum atomic E-state index is -1.16. The van der Waals surface area contributed by atoms with Crippen molar-refractivity contribution < 1.29 is 4.74 Å². The Morgan fingerprint density at radius 3 is 2.14 bits per heavy atom. The molecule has 0 amide bonds. The van der Waals surface area contributed by atoms with Crippen molar-refractivity contribution in [3.63, 3.8) is 0 Å². The van der Waals surface area contributed by atoms with E-state index in [9.17, 15) is 0 Å². The maximum Gasteiger partial charge on any atom is 0.114 e.